The van der Waals surface area contributed by atoms with Crippen LogP contribution in [-0.4, -0.2) is 54.5 Å². The highest BCUT2D eigenvalue weighted by Crippen LogP contribution is 2.41. The molecular weight excluding hydrogens is 533 g/mol. The van der Waals surface area contributed by atoms with E-state index in [0.29, 0.717) is 50.4 Å². The first-order valence-electron chi connectivity index (χ1n) is 12.6. The molecule has 3 heterocycles. The molecule has 2 fully saturated rings. The maximum Gasteiger partial charge on any atom is 0.417 e. The van der Waals surface area contributed by atoms with E-state index in [1.54, 1.807) is 36.3 Å². The molecule has 0 unspecified atom stereocenters. The number of nitrogens with zero attached hydrogens (tertiary/aromatic N) is 3. The van der Waals surface area contributed by atoms with Gasteiger partial charge in [-0.2, -0.15) is 13.2 Å². The van der Waals surface area contributed by atoms with Crippen molar-refractivity contribution in [2.75, 3.05) is 37.0 Å². The van der Waals surface area contributed by atoms with E-state index < -0.39 is 17.5 Å². The molecule has 2 aliphatic rings. The van der Waals surface area contributed by atoms with E-state index in [4.69, 9.17) is 21.1 Å². The molecule has 0 bridgehead atoms. The van der Waals surface area contributed by atoms with Crippen LogP contribution >= 0.6 is 11.6 Å². The lowest BCUT2D eigenvalue weighted by Crippen LogP contribution is -2.58. The number of aromatic nitrogens is 1. The molecule has 2 amide bonds. The summed E-state index contributed by atoms with van der Waals surface area (Å²) in [6.45, 7) is 1.18. The van der Waals surface area contributed by atoms with Gasteiger partial charge in [-0.1, -0.05) is 41.9 Å². The van der Waals surface area contributed by atoms with E-state index in [1.165, 1.54) is 0 Å². The number of carbonyl (C=O) groups is 1. The van der Waals surface area contributed by atoms with E-state index in [-0.39, 0.29) is 22.9 Å². The van der Waals surface area contributed by atoms with Gasteiger partial charge < -0.3 is 19.7 Å². The number of hydrogen-bond acceptors (Lipinski definition) is 5. The Morgan fingerprint density at radius 3 is 2.46 bits per heavy atom. The summed E-state index contributed by atoms with van der Waals surface area (Å²) in [6, 6.07) is 17.4. The summed E-state index contributed by atoms with van der Waals surface area (Å²) in [5.41, 5.74) is -0.0534. The number of hydrogen-bond donors (Lipinski definition) is 1. The van der Waals surface area contributed by atoms with Crippen LogP contribution in [0.5, 0.6) is 5.75 Å². The van der Waals surface area contributed by atoms with Crippen LogP contribution in [-0.2, 0) is 17.3 Å². The van der Waals surface area contributed by atoms with E-state index in [0.717, 1.165) is 17.8 Å². The molecule has 206 valence electrons. The SMILES string of the molecule is COc1ccc(NC(=O)N2[C@@H](Cc3ccccc3)COC23CCN(c2ncc(C(F)(F)F)cc2Cl)CC3)cc1. The number of urea groups is 1. The predicted molar refractivity (Wildman–Crippen MR) is 142 cm³/mol. The lowest BCUT2D eigenvalue weighted by atomic mass is 9.96. The number of carbonyl (C=O) groups excluding carboxylic acids is 1. The van der Waals surface area contributed by atoms with Crippen molar-refractivity contribution < 1.29 is 27.4 Å². The fourth-order valence-electron chi connectivity index (χ4n) is 5.25. The Bertz CT molecular complexity index is 1300. The first-order chi connectivity index (χ1) is 18.7. The molecule has 3 aromatic rings. The van der Waals surface area contributed by atoms with Gasteiger partial charge in [0.2, 0.25) is 0 Å². The second kappa shape index (κ2) is 10.9. The van der Waals surface area contributed by atoms with Gasteiger partial charge in [0.15, 0.2) is 0 Å². The molecule has 2 aromatic carbocycles. The van der Waals surface area contributed by atoms with Crippen molar-refractivity contribution in [1.29, 1.82) is 0 Å². The van der Waals surface area contributed by atoms with Crippen molar-refractivity contribution in [2.45, 2.75) is 37.2 Å². The second-order valence-corrected chi connectivity index (χ2v) is 10.1. The number of nitrogens with one attached hydrogen (secondary N) is 1. The van der Waals surface area contributed by atoms with Crippen molar-refractivity contribution in [3.63, 3.8) is 0 Å². The van der Waals surface area contributed by atoms with Gasteiger partial charge in [-0.05, 0) is 42.3 Å². The Hall–Kier alpha value is -3.50. The zero-order valence-corrected chi connectivity index (χ0v) is 22.0. The minimum absolute atomic E-state index is 0.0656. The van der Waals surface area contributed by atoms with E-state index in [2.05, 4.69) is 10.3 Å². The molecule has 1 aromatic heterocycles. The lowest BCUT2D eigenvalue weighted by Gasteiger charge is -2.45. The van der Waals surface area contributed by atoms with Gasteiger partial charge >= 0.3 is 12.2 Å². The average Bonchev–Trinajstić information content (AvgIpc) is 3.26. The zero-order valence-electron chi connectivity index (χ0n) is 21.2. The fraction of sp³-hybridized carbons (Fsp3) is 0.357. The third-order valence-electron chi connectivity index (χ3n) is 7.22. The highest BCUT2D eigenvalue weighted by molar-refractivity contribution is 6.33. The Morgan fingerprint density at radius 2 is 1.85 bits per heavy atom. The monoisotopic (exact) mass is 560 g/mol. The smallest absolute Gasteiger partial charge is 0.417 e. The molecule has 11 heteroatoms. The van der Waals surface area contributed by atoms with Crippen LogP contribution in [0.3, 0.4) is 0 Å². The summed E-state index contributed by atoms with van der Waals surface area (Å²) < 4.78 is 50.8. The van der Waals surface area contributed by atoms with Crippen molar-refractivity contribution in [3.8, 4) is 5.75 Å². The molecule has 1 atom stereocenters. The molecule has 7 nitrogen and oxygen atoms in total. The van der Waals surface area contributed by atoms with Crippen molar-refractivity contribution in [3.05, 3.63) is 83.0 Å². The van der Waals surface area contributed by atoms with Crippen LogP contribution in [0.15, 0.2) is 66.9 Å². The normalized spacial score (nSPS) is 18.8. The zero-order chi connectivity index (χ0) is 27.6. The van der Waals surface area contributed by atoms with Gasteiger partial charge in [0, 0.05) is 37.8 Å². The van der Waals surface area contributed by atoms with E-state index >= 15 is 0 Å². The standard InChI is InChI=1S/C28H28ClF3N4O3/c1-38-23-9-7-21(8-10-23)34-26(37)36-22(15-19-5-3-2-4-6-19)18-39-27(36)11-13-35(14-12-27)25-24(29)16-20(17-33-25)28(30,31)32/h2-10,16-17,22H,11-15,18H2,1H3,(H,34,37)/t22-/m0/s1. The van der Waals surface area contributed by atoms with Gasteiger partial charge in [-0.15, -0.1) is 0 Å². The lowest BCUT2D eigenvalue weighted by molar-refractivity contribution is -0.137. The van der Waals surface area contributed by atoms with Crippen molar-refractivity contribution >= 4 is 29.1 Å². The maximum atomic E-state index is 13.7. The minimum Gasteiger partial charge on any atom is -0.497 e. The van der Waals surface area contributed by atoms with Crippen LogP contribution in [0.4, 0.5) is 29.5 Å². The second-order valence-electron chi connectivity index (χ2n) is 9.64. The first kappa shape index (κ1) is 27.1. The number of halogens is 4. The topological polar surface area (TPSA) is 66.9 Å². The molecule has 2 saturated heterocycles. The third-order valence-corrected chi connectivity index (χ3v) is 7.49. The predicted octanol–water partition coefficient (Wildman–Crippen LogP) is 6.23. The summed E-state index contributed by atoms with van der Waals surface area (Å²) in [7, 11) is 1.58. The summed E-state index contributed by atoms with van der Waals surface area (Å²) in [4.78, 5) is 21.4. The van der Waals surface area contributed by atoms with E-state index in [9.17, 15) is 18.0 Å². The number of piperidine rings is 1. The quantitative estimate of drug-likeness (QED) is 0.400. The molecule has 1 N–H and O–H groups in total. The summed E-state index contributed by atoms with van der Waals surface area (Å²) >= 11 is 6.21. The number of amides is 2. The number of rotatable bonds is 5. The van der Waals surface area contributed by atoms with Gasteiger partial charge in [-0.3, -0.25) is 4.90 Å². The number of anilines is 2. The number of benzene rings is 2. The highest BCUT2D eigenvalue weighted by Gasteiger charge is 2.52. The van der Waals surface area contributed by atoms with Crippen LogP contribution < -0.4 is 15.0 Å². The largest absolute Gasteiger partial charge is 0.497 e. The summed E-state index contributed by atoms with van der Waals surface area (Å²) in [6.07, 6.45) is -2.23. The number of ether oxygens (including phenoxy) is 2. The maximum absolute atomic E-state index is 13.7. The van der Waals surface area contributed by atoms with Gasteiger partial charge in [-0.25, -0.2) is 9.78 Å². The Balaban J connectivity index is 1.36. The Morgan fingerprint density at radius 1 is 1.15 bits per heavy atom. The number of alkyl halides is 3. The Labute approximate surface area is 229 Å². The Kier molecular flexibility index (Phi) is 7.59. The van der Waals surface area contributed by atoms with Crippen LogP contribution in [0.1, 0.15) is 24.0 Å². The minimum atomic E-state index is -4.52. The summed E-state index contributed by atoms with van der Waals surface area (Å²) in [5.74, 6) is 0.964. The molecule has 0 saturated carbocycles. The fourth-order valence-corrected chi connectivity index (χ4v) is 5.53. The van der Waals surface area contributed by atoms with Crippen molar-refractivity contribution in [2.24, 2.45) is 0 Å². The molecule has 2 aliphatic heterocycles. The van der Waals surface area contributed by atoms with Crippen molar-refractivity contribution in [1.82, 2.24) is 9.88 Å². The van der Waals surface area contributed by atoms with Crippen LogP contribution in [0.25, 0.3) is 0 Å². The molecule has 0 radical (unpaired) electrons. The van der Waals surface area contributed by atoms with Gasteiger partial charge in [0.1, 0.15) is 17.3 Å². The van der Waals surface area contributed by atoms with Gasteiger partial charge in [0.05, 0.1) is 30.3 Å². The molecule has 1 spiro atoms. The molecule has 0 aliphatic carbocycles. The molecular formula is C28H28ClF3N4O3. The first-order valence-corrected chi connectivity index (χ1v) is 13.0. The summed E-state index contributed by atoms with van der Waals surface area (Å²) in [5, 5.41) is 2.93. The van der Waals surface area contributed by atoms with E-state index in [1.807, 2.05) is 35.2 Å². The van der Waals surface area contributed by atoms with Crippen LogP contribution in [0, 0.1) is 0 Å². The number of pyridine rings is 1. The average molecular weight is 561 g/mol. The third kappa shape index (κ3) is 5.77. The van der Waals surface area contributed by atoms with Crippen LogP contribution in [0.2, 0.25) is 5.02 Å². The number of methoxy groups -OCH3 is 1. The highest BCUT2D eigenvalue weighted by atomic mass is 35.5. The molecule has 39 heavy (non-hydrogen) atoms. The van der Waals surface area contributed by atoms with Gasteiger partial charge in [0.25, 0.3) is 0 Å². The molecule has 5 rings (SSSR count).